The molecule has 2 fully saturated rings. The van der Waals surface area contributed by atoms with E-state index in [0.29, 0.717) is 50.1 Å². The predicted molar refractivity (Wildman–Crippen MR) is 119 cm³/mol. The third kappa shape index (κ3) is 4.48. The molecule has 0 atom stereocenters. The second-order valence-corrected chi connectivity index (χ2v) is 11.2. The Morgan fingerprint density at radius 3 is 2.53 bits per heavy atom. The Morgan fingerprint density at radius 1 is 1.12 bits per heavy atom. The average Bonchev–Trinajstić information content (AvgIpc) is 3.32. The number of nitrogens with one attached hydrogen (secondary N) is 1. The first-order chi connectivity index (χ1) is 15.5. The van der Waals surface area contributed by atoms with E-state index >= 15 is 0 Å². The molecule has 8 nitrogen and oxygen atoms in total. The highest BCUT2D eigenvalue weighted by Gasteiger charge is 2.32. The van der Waals surface area contributed by atoms with Gasteiger partial charge >= 0.3 is 0 Å². The van der Waals surface area contributed by atoms with E-state index in [4.69, 9.17) is 4.52 Å². The van der Waals surface area contributed by atoms with E-state index < -0.39 is 10.0 Å². The van der Waals surface area contributed by atoms with Crippen LogP contribution in [0.5, 0.6) is 0 Å². The number of amides is 1. The number of thiophene rings is 1. The number of aromatic nitrogens is 2. The minimum absolute atomic E-state index is 0.00881. The van der Waals surface area contributed by atoms with Gasteiger partial charge in [-0.15, -0.1) is 11.3 Å². The van der Waals surface area contributed by atoms with Crippen LogP contribution >= 0.6 is 11.3 Å². The Kier molecular flexibility index (Phi) is 5.83. The summed E-state index contributed by atoms with van der Waals surface area (Å²) in [6, 6.07) is 10.5. The summed E-state index contributed by atoms with van der Waals surface area (Å²) >= 11 is 1.60. The van der Waals surface area contributed by atoms with Gasteiger partial charge in [0, 0.05) is 35.4 Å². The molecule has 1 amide bonds. The van der Waals surface area contributed by atoms with Gasteiger partial charge in [-0.2, -0.15) is 9.29 Å². The highest BCUT2D eigenvalue weighted by Crippen LogP contribution is 2.39. The van der Waals surface area contributed by atoms with Gasteiger partial charge in [0.1, 0.15) is 0 Å². The van der Waals surface area contributed by atoms with Crippen LogP contribution in [-0.4, -0.2) is 41.9 Å². The molecule has 1 aliphatic carbocycles. The molecule has 0 spiro atoms. The number of piperidine rings is 1. The highest BCUT2D eigenvalue weighted by molar-refractivity contribution is 7.89. The van der Waals surface area contributed by atoms with Crippen molar-refractivity contribution in [3.63, 3.8) is 0 Å². The van der Waals surface area contributed by atoms with Crippen molar-refractivity contribution in [2.24, 2.45) is 5.92 Å². The van der Waals surface area contributed by atoms with Crippen molar-refractivity contribution in [3.8, 4) is 11.4 Å². The second kappa shape index (κ2) is 8.76. The van der Waals surface area contributed by atoms with Crippen LogP contribution < -0.4 is 5.32 Å². The van der Waals surface area contributed by atoms with E-state index in [1.54, 1.807) is 35.6 Å². The molecule has 32 heavy (non-hydrogen) atoms. The highest BCUT2D eigenvalue weighted by atomic mass is 32.2. The molecule has 5 rings (SSSR count). The number of nitrogens with zero attached hydrogens (tertiary/aromatic N) is 3. The van der Waals surface area contributed by atoms with Crippen LogP contribution in [0.1, 0.15) is 42.4 Å². The van der Waals surface area contributed by atoms with E-state index in [9.17, 15) is 13.2 Å². The minimum Gasteiger partial charge on any atom is -0.351 e. The van der Waals surface area contributed by atoms with E-state index in [-0.39, 0.29) is 16.7 Å². The third-order valence-corrected chi connectivity index (χ3v) is 8.75. The zero-order valence-corrected chi connectivity index (χ0v) is 19.1. The second-order valence-electron chi connectivity index (χ2n) is 8.23. The van der Waals surface area contributed by atoms with Crippen molar-refractivity contribution in [2.75, 3.05) is 13.1 Å². The van der Waals surface area contributed by atoms with Gasteiger partial charge in [-0.3, -0.25) is 4.79 Å². The first-order valence-corrected chi connectivity index (χ1v) is 13.1. The molecule has 2 aliphatic rings. The van der Waals surface area contributed by atoms with Crippen LogP contribution in [0.25, 0.3) is 11.4 Å². The topological polar surface area (TPSA) is 105 Å². The van der Waals surface area contributed by atoms with Crippen molar-refractivity contribution < 1.29 is 17.7 Å². The first-order valence-electron chi connectivity index (χ1n) is 10.7. The van der Waals surface area contributed by atoms with Crippen LogP contribution in [0.15, 0.2) is 51.2 Å². The smallest absolute Gasteiger partial charge is 0.243 e. The molecule has 168 valence electrons. The van der Waals surface area contributed by atoms with Gasteiger partial charge in [0.2, 0.25) is 27.6 Å². The zero-order valence-electron chi connectivity index (χ0n) is 17.4. The van der Waals surface area contributed by atoms with E-state index in [1.165, 1.54) is 4.31 Å². The molecule has 10 heteroatoms. The normalized spacial score (nSPS) is 18.0. The predicted octanol–water partition coefficient (Wildman–Crippen LogP) is 3.39. The van der Waals surface area contributed by atoms with Gasteiger partial charge in [0.25, 0.3) is 0 Å². The lowest BCUT2D eigenvalue weighted by Crippen LogP contribution is -2.42. The number of benzene rings is 1. The number of carbonyl (C=O) groups is 1. The van der Waals surface area contributed by atoms with Crippen LogP contribution in [0.4, 0.5) is 0 Å². The summed E-state index contributed by atoms with van der Waals surface area (Å²) in [7, 11) is -3.62. The molecule has 1 aliphatic heterocycles. The molecule has 0 unspecified atom stereocenters. The summed E-state index contributed by atoms with van der Waals surface area (Å²) in [6.07, 6.45) is 3.18. The minimum atomic E-state index is -3.62. The molecule has 0 radical (unpaired) electrons. The Morgan fingerprint density at radius 2 is 1.88 bits per heavy atom. The van der Waals surface area contributed by atoms with Crippen molar-refractivity contribution in [2.45, 2.75) is 43.0 Å². The fourth-order valence-corrected chi connectivity index (χ4v) is 5.98. The van der Waals surface area contributed by atoms with Crippen LogP contribution in [0, 0.1) is 5.92 Å². The fraction of sp³-hybridized carbons (Fsp3) is 0.409. The van der Waals surface area contributed by atoms with Gasteiger partial charge in [-0.05, 0) is 61.4 Å². The Balaban J connectivity index is 1.19. The maximum atomic E-state index is 13.1. The monoisotopic (exact) mass is 472 g/mol. The van der Waals surface area contributed by atoms with Gasteiger partial charge in [-0.25, -0.2) is 8.42 Å². The van der Waals surface area contributed by atoms with E-state index in [0.717, 1.165) is 23.3 Å². The summed E-state index contributed by atoms with van der Waals surface area (Å²) in [6.45, 7) is 1.18. The third-order valence-electron chi connectivity index (χ3n) is 5.96. The molecular formula is C22H24N4O4S2. The summed E-state index contributed by atoms with van der Waals surface area (Å²) in [5, 5.41) is 8.94. The Bertz CT molecular complexity index is 1180. The number of rotatable bonds is 7. The molecule has 1 saturated heterocycles. The van der Waals surface area contributed by atoms with Gasteiger partial charge in [0.05, 0.1) is 11.4 Å². The van der Waals surface area contributed by atoms with E-state index in [2.05, 4.69) is 15.5 Å². The zero-order chi connectivity index (χ0) is 22.1. The molecule has 0 bridgehead atoms. The summed E-state index contributed by atoms with van der Waals surface area (Å²) in [5.74, 6) is 1.33. The molecule has 3 aromatic rings. The van der Waals surface area contributed by atoms with Crippen molar-refractivity contribution >= 4 is 27.3 Å². The molecule has 1 aromatic carbocycles. The van der Waals surface area contributed by atoms with Crippen LogP contribution in [0.2, 0.25) is 0 Å². The van der Waals surface area contributed by atoms with Crippen molar-refractivity contribution in [1.82, 2.24) is 19.8 Å². The summed E-state index contributed by atoms with van der Waals surface area (Å²) in [4.78, 5) is 18.2. The summed E-state index contributed by atoms with van der Waals surface area (Å²) < 4.78 is 32.9. The average molecular weight is 473 g/mol. The van der Waals surface area contributed by atoms with Gasteiger partial charge in [0.15, 0.2) is 0 Å². The molecular weight excluding hydrogens is 448 g/mol. The summed E-state index contributed by atoms with van der Waals surface area (Å²) in [5.41, 5.74) is 0.723. The number of hydrogen-bond acceptors (Lipinski definition) is 7. The quantitative estimate of drug-likeness (QED) is 0.565. The van der Waals surface area contributed by atoms with E-state index in [1.807, 2.05) is 17.5 Å². The Labute approximate surface area is 190 Å². The largest absolute Gasteiger partial charge is 0.351 e. The van der Waals surface area contributed by atoms with Crippen molar-refractivity contribution in [1.29, 1.82) is 0 Å². The lowest BCUT2D eigenvalue weighted by molar-refractivity contribution is -0.126. The van der Waals surface area contributed by atoms with Gasteiger partial charge in [-0.1, -0.05) is 11.2 Å². The Hall–Kier alpha value is -2.56. The fourth-order valence-electron chi connectivity index (χ4n) is 3.86. The lowest BCUT2D eigenvalue weighted by Gasteiger charge is -2.30. The standard InChI is InChI=1S/C22H24N4O4S2/c27-21(23-14-18-2-1-13-31-18)16-9-11-26(12-10-16)32(28,29)19-7-5-15(6-8-19)20-24-22(30-25-20)17-3-4-17/h1-2,5-8,13,16-17H,3-4,9-12,14H2,(H,23,27). The van der Waals surface area contributed by atoms with Crippen LogP contribution in [-0.2, 0) is 21.4 Å². The molecule has 1 saturated carbocycles. The number of sulfonamides is 1. The molecule has 2 aromatic heterocycles. The molecule has 1 N–H and O–H groups in total. The molecule has 3 heterocycles. The maximum Gasteiger partial charge on any atom is 0.243 e. The van der Waals surface area contributed by atoms with Crippen molar-refractivity contribution in [3.05, 3.63) is 52.5 Å². The maximum absolute atomic E-state index is 13.1. The first kappa shape index (κ1) is 21.3. The number of hydrogen-bond donors (Lipinski definition) is 1. The number of carbonyl (C=O) groups excluding carboxylic acids is 1. The SMILES string of the molecule is O=C(NCc1cccs1)C1CCN(S(=O)(=O)c2ccc(-c3noc(C4CC4)n3)cc2)CC1. The lowest BCUT2D eigenvalue weighted by atomic mass is 9.97. The van der Waals surface area contributed by atoms with Crippen LogP contribution in [0.3, 0.4) is 0 Å². The van der Waals surface area contributed by atoms with Gasteiger partial charge < -0.3 is 9.84 Å².